The third kappa shape index (κ3) is 4.58. The minimum atomic E-state index is -0.525. The van der Waals surface area contributed by atoms with Crippen molar-refractivity contribution >= 4 is 23.1 Å². The second-order valence-electron chi connectivity index (χ2n) is 8.41. The van der Waals surface area contributed by atoms with Gasteiger partial charge in [0, 0.05) is 22.3 Å². The second kappa shape index (κ2) is 10.2. The Balaban J connectivity index is 1.81. The molecule has 5 rings (SSSR count). The van der Waals surface area contributed by atoms with Crippen LogP contribution in [-0.2, 0) is 0 Å². The van der Waals surface area contributed by atoms with Crippen LogP contribution in [0.3, 0.4) is 0 Å². The highest BCUT2D eigenvalue weighted by Gasteiger charge is 2.34. The van der Waals surface area contributed by atoms with Crippen LogP contribution in [0.4, 0.5) is 0 Å². The van der Waals surface area contributed by atoms with E-state index in [4.69, 9.17) is 0 Å². The van der Waals surface area contributed by atoms with Gasteiger partial charge in [-0.25, -0.2) is 0 Å². The first kappa shape index (κ1) is 23.6. The molecule has 37 heavy (non-hydrogen) atoms. The molecule has 0 fully saturated rings. The number of aromatic amines is 1. The van der Waals surface area contributed by atoms with Crippen LogP contribution < -0.4 is 0 Å². The molecule has 1 heterocycles. The molecule has 4 aromatic carbocycles. The molecule has 0 bridgehead atoms. The van der Waals surface area contributed by atoms with Gasteiger partial charge < -0.3 is 4.98 Å². The zero-order valence-corrected chi connectivity index (χ0v) is 19.7. The van der Waals surface area contributed by atoms with Crippen LogP contribution in [0.15, 0.2) is 121 Å². The molecule has 5 heteroatoms. The van der Waals surface area contributed by atoms with Gasteiger partial charge in [0.1, 0.15) is 0 Å². The van der Waals surface area contributed by atoms with Crippen LogP contribution in [0.1, 0.15) is 63.9 Å². The maximum absolute atomic E-state index is 13.9. The van der Waals surface area contributed by atoms with Gasteiger partial charge in [-0.15, -0.1) is 0 Å². The van der Waals surface area contributed by atoms with Gasteiger partial charge in [-0.1, -0.05) is 121 Å². The molecule has 0 aliphatic heterocycles. The van der Waals surface area contributed by atoms with E-state index < -0.39 is 23.1 Å². The first-order chi connectivity index (χ1) is 18.1. The number of benzene rings is 4. The molecule has 0 amide bonds. The molecule has 5 aromatic rings. The number of H-pyrrole nitrogens is 1. The molecule has 0 saturated heterocycles. The Morgan fingerprint density at radius 1 is 0.351 bits per heavy atom. The summed E-state index contributed by atoms with van der Waals surface area (Å²) in [4.78, 5) is 58.1. The van der Waals surface area contributed by atoms with Crippen molar-refractivity contribution in [2.45, 2.75) is 0 Å². The van der Waals surface area contributed by atoms with Gasteiger partial charge in [-0.05, 0) is 0 Å². The zero-order valence-electron chi connectivity index (χ0n) is 19.7. The average Bonchev–Trinajstić information content (AvgIpc) is 3.38. The van der Waals surface area contributed by atoms with E-state index in [0.717, 1.165) is 0 Å². The molecule has 1 N–H and O–H groups in total. The summed E-state index contributed by atoms with van der Waals surface area (Å²) >= 11 is 0. The van der Waals surface area contributed by atoms with Gasteiger partial charge in [0.25, 0.3) is 0 Å². The van der Waals surface area contributed by atoms with Crippen LogP contribution in [0, 0.1) is 0 Å². The van der Waals surface area contributed by atoms with Crippen molar-refractivity contribution < 1.29 is 19.2 Å². The van der Waals surface area contributed by atoms with Crippen LogP contribution >= 0.6 is 0 Å². The van der Waals surface area contributed by atoms with Crippen molar-refractivity contribution in [3.05, 3.63) is 166 Å². The lowest BCUT2D eigenvalue weighted by atomic mass is 9.90. The summed E-state index contributed by atoms with van der Waals surface area (Å²) in [5.74, 6) is -2.03. The Morgan fingerprint density at radius 3 is 0.865 bits per heavy atom. The minimum absolute atomic E-state index is 0.0985. The van der Waals surface area contributed by atoms with Gasteiger partial charge in [0.2, 0.25) is 11.6 Å². The molecule has 0 atom stereocenters. The quantitative estimate of drug-likeness (QED) is 0.277. The molecule has 0 unspecified atom stereocenters. The van der Waals surface area contributed by atoms with Gasteiger partial charge >= 0.3 is 0 Å². The molecular weight excluding hydrogens is 462 g/mol. The van der Waals surface area contributed by atoms with Crippen molar-refractivity contribution in [2.24, 2.45) is 0 Å². The van der Waals surface area contributed by atoms with Crippen molar-refractivity contribution in [1.29, 1.82) is 0 Å². The van der Waals surface area contributed by atoms with Crippen LogP contribution in [0.5, 0.6) is 0 Å². The number of nitrogens with one attached hydrogen (secondary N) is 1. The number of ketones is 4. The van der Waals surface area contributed by atoms with Crippen molar-refractivity contribution in [3.63, 3.8) is 0 Å². The highest BCUT2D eigenvalue weighted by molar-refractivity contribution is 6.29. The number of aromatic nitrogens is 1. The third-order valence-electron chi connectivity index (χ3n) is 6.05. The fourth-order valence-electron chi connectivity index (χ4n) is 4.23. The predicted octanol–water partition coefficient (Wildman–Crippen LogP) is 5.94. The summed E-state index contributed by atoms with van der Waals surface area (Å²) in [6.07, 6.45) is 0. The molecule has 0 saturated carbocycles. The lowest BCUT2D eigenvalue weighted by Crippen LogP contribution is -2.15. The first-order valence-electron chi connectivity index (χ1n) is 11.7. The summed E-state index contributed by atoms with van der Waals surface area (Å²) in [5, 5.41) is 0. The Labute approximate surface area is 213 Å². The zero-order chi connectivity index (χ0) is 25.8. The second-order valence-corrected chi connectivity index (χ2v) is 8.41. The number of rotatable bonds is 8. The molecule has 5 nitrogen and oxygen atoms in total. The molecule has 1 aromatic heterocycles. The molecule has 178 valence electrons. The van der Waals surface area contributed by atoms with Crippen LogP contribution in [-0.4, -0.2) is 28.1 Å². The number of carbonyl (C=O) groups excluding carboxylic acids is 4. The van der Waals surface area contributed by atoms with Gasteiger partial charge in [0.05, 0.1) is 22.5 Å². The summed E-state index contributed by atoms with van der Waals surface area (Å²) in [7, 11) is 0. The highest BCUT2D eigenvalue weighted by atomic mass is 16.1. The molecule has 0 spiro atoms. The molecule has 0 radical (unpaired) electrons. The topological polar surface area (TPSA) is 84.1 Å². The smallest absolute Gasteiger partial charge is 0.209 e. The van der Waals surface area contributed by atoms with Gasteiger partial charge in [-0.2, -0.15) is 0 Å². The summed E-state index contributed by atoms with van der Waals surface area (Å²) in [6, 6.07) is 33.7. The Kier molecular flexibility index (Phi) is 6.51. The third-order valence-corrected chi connectivity index (χ3v) is 6.05. The highest BCUT2D eigenvalue weighted by Crippen LogP contribution is 2.29. The Morgan fingerprint density at radius 2 is 0.595 bits per heavy atom. The van der Waals surface area contributed by atoms with Crippen LogP contribution in [0.25, 0.3) is 0 Å². The molecule has 0 aliphatic rings. The lowest BCUT2D eigenvalue weighted by Gasteiger charge is -2.08. The molecule has 0 aliphatic carbocycles. The molecular formula is C32H21NO4. The summed E-state index contributed by atoms with van der Waals surface area (Å²) in [5.41, 5.74) is 0.805. The average molecular weight is 484 g/mol. The number of carbonyl (C=O) groups is 4. The van der Waals surface area contributed by atoms with Gasteiger partial charge in [0.15, 0.2) is 11.6 Å². The SMILES string of the molecule is O=C(c1ccccc1)c1[nH]c(C(=O)c2ccccc2)c(C(=O)c2ccccc2)c1C(=O)c1ccccc1. The van der Waals surface area contributed by atoms with E-state index in [1.807, 2.05) is 0 Å². The van der Waals surface area contributed by atoms with E-state index in [1.54, 1.807) is 121 Å². The summed E-state index contributed by atoms with van der Waals surface area (Å²) < 4.78 is 0. The van der Waals surface area contributed by atoms with Crippen molar-refractivity contribution in [2.75, 3.05) is 0 Å². The number of hydrogen-bond acceptors (Lipinski definition) is 4. The van der Waals surface area contributed by atoms with E-state index in [2.05, 4.69) is 4.98 Å². The van der Waals surface area contributed by atoms with Gasteiger partial charge in [-0.3, -0.25) is 19.2 Å². The summed E-state index contributed by atoms with van der Waals surface area (Å²) in [6.45, 7) is 0. The largest absolute Gasteiger partial charge is 0.348 e. The van der Waals surface area contributed by atoms with E-state index >= 15 is 0 Å². The van der Waals surface area contributed by atoms with Crippen molar-refractivity contribution in [3.8, 4) is 0 Å². The fourth-order valence-corrected chi connectivity index (χ4v) is 4.23. The standard InChI is InChI=1S/C32H21NO4/c34-29(21-13-5-1-6-14-21)25-26(30(35)22-15-7-2-8-16-22)28(32(37)24-19-11-4-12-20-24)33-27(25)31(36)23-17-9-3-10-18-23/h1-20,33H. The first-order valence-corrected chi connectivity index (χ1v) is 11.7. The monoisotopic (exact) mass is 483 g/mol. The predicted molar refractivity (Wildman–Crippen MR) is 140 cm³/mol. The maximum Gasteiger partial charge on any atom is 0.209 e. The Bertz CT molecular complexity index is 1480. The maximum atomic E-state index is 13.9. The van der Waals surface area contributed by atoms with E-state index in [-0.39, 0.29) is 22.5 Å². The van der Waals surface area contributed by atoms with E-state index in [1.165, 1.54) is 0 Å². The number of hydrogen-bond donors (Lipinski definition) is 1. The van der Waals surface area contributed by atoms with E-state index in [0.29, 0.717) is 22.3 Å². The van der Waals surface area contributed by atoms with Crippen molar-refractivity contribution in [1.82, 2.24) is 4.98 Å². The normalized spacial score (nSPS) is 10.6. The fraction of sp³-hybridized carbons (Fsp3) is 0. The minimum Gasteiger partial charge on any atom is -0.348 e. The van der Waals surface area contributed by atoms with E-state index in [9.17, 15) is 19.2 Å². The lowest BCUT2D eigenvalue weighted by molar-refractivity contribution is 0.0987. The Hall–Kier alpha value is -5.16. The van der Waals surface area contributed by atoms with Crippen LogP contribution in [0.2, 0.25) is 0 Å².